The van der Waals surface area contributed by atoms with Gasteiger partial charge in [-0.05, 0) is 39.0 Å². The van der Waals surface area contributed by atoms with E-state index in [2.05, 4.69) is 16.9 Å². The number of anilines is 1. The monoisotopic (exact) mass is 380 g/mol. The summed E-state index contributed by atoms with van der Waals surface area (Å²) in [5.74, 6) is 0.961. The first kappa shape index (κ1) is 19.1. The first-order valence-electron chi connectivity index (χ1n) is 9.55. The summed E-state index contributed by atoms with van der Waals surface area (Å²) in [6.07, 6.45) is 6.21. The second kappa shape index (κ2) is 7.90. The highest BCUT2D eigenvalue weighted by molar-refractivity contribution is 7.91. The number of amides is 1. The Morgan fingerprint density at radius 2 is 2.08 bits per heavy atom. The van der Waals surface area contributed by atoms with Gasteiger partial charge in [-0.25, -0.2) is 18.4 Å². The molecule has 0 spiro atoms. The van der Waals surface area contributed by atoms with E-state index in [4.69, 9.17) is 0 Å². The Hall–Kier alpha value is -1.70. The predicted octanol–water partition coefficient (Wildman–Crippen LogP) is 1.89. The second-order valence-corrected chi connectivity index (χ2v) is 9.39. The molecule has 1 aromatic heterocycles. The van der Waals surface area contributed by atoms with Crippen molar-refractivity contribution in [3.05, 3.63) is 18.1 Å². The maximum absolute atomic E-state index is 13.0. The van der Waals surface area contributed by atoms with E-state index in [1.165, 1.54) is 6.33 Å². The van der Waals surface area contributed by atoms with Crippen LogP contribution in [-0.2, 0) is 9.84 Å². The van der Waals surface area contributed by atoms with Crippen LogP contribution in [0, 0.1) is 0 Å². The maximum Gasteiger partial charge on any atom is 0.272 e. The van der Waals surface area contributed by atoms with Crippen LogP contribution in [0.1, 0.15) is 56.4 Å². The lowest BCUT2D eigenvalue weighted by molar-refractivity contribution is 0.0601. The highest BCUT2D eigenvalue weighted by atomic mass is 32.2. The van der Waals surface area contributed by atoms with Crippen LogP contribution in [0.4, 0.5) is 5.82 Å². The molecule has 144 valence electrons. The van der Waals surface area contributed by atoms with Crippen molar-refractivity contribution in [3.63, 3.8) is 0 Å². The van der Waals surface area contributed by atoms with E-state index >= 15 is 0 Å². The average molecular weight is 381 g/mol. The van der Waals surface area contributed by atoms with Crippen LogP contribution in [-0.4, -0.2) is 65.9 Å². The fraction of sp³-hybridized carbons (Fsp3) is 0.722. The van der Waals surface area contributed by atoms with Gasteiger partial charge in [0.1, 0.15) is 17.8 Å². The highest BCUT2D eigenvalue weighted by Gasteiger charge is 2.33. The molecule has 0 saturated carbocycles. The molecule has 8 heteroatoms. The van der Waals surface area contributed by atoms with Gasteiger partial charge in [-0.1, -0.05) is 6.92 Å². The van der Waals surface area contributed by atoms with Gasteiger partial charge in [0.15, 0.2) is 9.84 Å². The summed E-state index contributed by atoms with van der Waals surface area (Å²) in [4.78, 5) is 25.4. The molecule has 2 unspecified atom stereocenters. The summed E-state index contributed by atoms with van der Waals surface area (Å²) >= 11 is 0. The summed E-state index contributed by atoms with van der Waals surface area (Å²) in [5.41, 5.74) is 0.398. The van der Waals surface area contributed by atoms with E-state index in [9.17, 15) is 13.2 Å². The third kappa shape index (κ3) is 4.00. The normalized spacial score (nSPS) is 25.2. The molecule has 7 nitrogen and oxygen atoms in total. The maximum atomic E-state index is 13.0. The Morgan fingerprint density at radius 3 is 2.73 bits per heavy atom. The summed E-state index contributed by atoms with van der Waals surface area (Å²) in [6.45, 7) is 5.51. The van der Waals surface area contributed by atoms with Crippen molar-refractivity contribution < 1.29 is 13.2 Å². The minimum atomic E-state index is -2.97. The summed E-state index contributed by atoms with van der Waals surface area (Å²) in [5, 5.41) is 0. The average Bonchev–Trinajstić information content (AvgIpc) is 3.01. The Kier molecular flexibility index (Phi) is 5.79. The van der Waals surface area contributed by atoms with Gasteiger partial charge in [0.05, 0.1) is 11.5 Å². The van der Waals surface area contributed by atoms with E-state index in [1.54, 1.807) is 6.07 Å². The Morgan fingerprint density at radius 1 is 1.27 bits per heavy atom. The minimum Gasteiger partial charge on any atom is -0.353 e. The van der Waals surface area contributed by atoms with Crippen LogP contribution in [0.25, 0.3) is 0 Å². The molecule has 3 rings (SSSR count). The van der Waals surface area contributed by atoms with Crippen LogP contribution in [0.15, 0.2) is 12.4 Å². The van der Waals surface area contributed by atoms with Crippen molar-refractivity contribution in [1.82, 2.24) is 14.9 Å². The highest BCUT2D eigenvalue weighted by Crippen LogP contribution is 2.25. The number of sulfone groups is 1. The first-order chi connectivity index (χ1) is 12.4. The molecule has 2 atom stereocenters. The minimum absolute atomic E-state index is 0.0460. The lowest BCUT2D eigenvalue weighted by Crippen LogP contribution is -2.44. The van der Waals surface area contributed by atoms with Gasteiger partial charge in [0.2, 0.25) is 0 Å². The summed E-state index contributed by atoms with van der Waals surface area (Å²) in [7, 11) is -2.97. The third-order valence-electron chi connectivity index (χ3n) is 5.52. The van der Waals surface area contributed by atoms with Gasteiger partial charge < -0.3 is 9.80 Å². The van der Waals surface area contributed by atoms with Crippen molar-refractivity contribution >= 4 is 21.6 Å². The fourth-order valence-corrected chi connectivity index (χ4v) is 5.82. The van der Waals surface area contributed by atoms with Crippen LogP contribution in [0.2, 0.25) is 0 Å². The van der Waals surface area contributed by atoms with Crippen LogP contribution >= 0.6 is 0 Å². The molecule has 0 aromatic carbocycles. The molecule has 1 aromatic rings. The molecule has 2 aliphatic heterocycles. The SMILES string of the molecule is CCC1CCCCN1C(=O)c1cc(N(CC)C2CCS(=O)(=O)C2)ncn1. The van der Waals surface area contributed by atoms with Crippen LogP contribution in [0.5, 0.6) is 0 Å². The molecule has 1 amide bonds. The lowest BCUT2D eigenvalue weighted by atomic mass is 9.99. The van der Waals surface area contributed by atoms with Gasteiger partial charge in [0, 0.05) is 31.2 Å². The Balaban J connectivity index is 1.81. The van der Waals surface area contributed by atoms with Crippen molar-refractivity contribution in [2.24, 2.45) is 0 Å². The van der Waals surface area contributed by atoms with E-state index in [0.29, 0.717) is 24.5 Å². The number of nitrogens with zero attached hydrogens (tertiary/aromatic N) is 4. The first-order valence-corrected chi connectivity index (χ1v) is 11.4. The van der Waals surface area contributed by atoms with E-state index < -0.39 is 9.84 Å². The van der Waals surface area contributed by atoms with Gasteiger partial charge in [-0.3, -0.25) is 4.79 Å². The van der Waals surface area contributed by atoms with E-state index in [-0.39, 0.29) is 29.5 Å². The molecule has 0 aliphatic carbocycles. The third-order valence-corrected chi connectivity index (χ3v) is 7.27. The molecule has 0 N–H and O–H groups in total. The standard InChI is InChI=1S/C18H28N4O3S/c1-3-14-7-5-6-9-22(14)18(23)16-11-17(20-13-19-16)21(4-2)15-8-10-26(24,25)12-15/h11,13-15H,3-10,12H2,1-2H3. The molecule has 26 heavy (non-hydrogen) atoms. The molecule has 2 aliphatic rings. The molecule has 0 radical (unpaired) electrons. The summed E-state index contributed by atoms with van der Waals surface area (Å²) < 4.78 is 23.6. The number of hydrogen-bond acceptors (Lipinski definition) is 6. The molecule has 3 heterocycles. The number of hydrogen-bond donors (Lipinski definition) is 0. The Labute approximate surface area is 155 Å². The zero-order chi connectivity index (χ0) is 18.7. The zero-order valence-electron chi connectivity index (χ0n) is 15.6. The lowest BCUT2D eigenvalue weighted by Gasteiger charge is -2.35. The number of piperidine rings is 1. The van der Waals surface area contributed by atoms with Gasteiger partial charge >= 0.3 is 0 Å². The number of likely N-dealkylation sites (tertiary alicyclic amines) is 1. The zero-order valence-corrected chi connectivity index (χ0v) is 16.4. The van der Waals surface area contributed by atoms with E-state index in [0.717, 1.165) is 32.2 Å². The molecule has 0 bridgehead atoms. The smallest absolute Gasteiger partial charge is 0.272 e. The second-order valence-electron chi connectivity index (χ2n) is 7.16. The van der Waals surface area contributed by atoms with E-state index in [1.807, 2.05) is 16.7 Å². The van der Waals surface area contributed by atoms with Gasteiger partial charge in [0.25, 0.3) is 5.91 Å². The fourth-order valence-electron chi connectivity index (χ4n) is 4.09. The van der Waals surface area contributed by atoms with Crippen molar-refractivity contribution in [1.29, 1.82) is 0 Å². The number of carbonyl (C=O) groups is 1. The van der Waals surface area contributed by atoms with Crippen molar-refractivity contribution in [2.75, 3.05) is 29.5 Å². The number of carbonyl (C=O) groups excluding carboxylic acids is 1. The van der Waals surface area contributed by atoms with Crippen LogP contribution < -0.4 is 4.90 Å². The van der Waals surface area contributed by atoms with Crippen LogP contribution in [0.3, 0.4) is 0 Å². The largest absolute Gasteiger partial charge is 0.353 e. The van der Waals surface area contributed by atoms with Crippen molar-refractivity contribution in [2.45, 2.75) is 58.0 Å². The number of aromatic nitrogens is 2. The molecule has 2 saturated heterocycles. The number of rotatable bonds is 5. The topological polar surface area (TPSA) is 83.5 Å². The predicted molar refractivity (Wildman–Crippen MR) is 101 cm³/mol. The molecule has 2 fully saturated rings. The quantitative estimate of drug-likeness (QED) is 0.776. The Bertz CT molecular complexity index is 753. The van der Waals surface area contributed by atoms with Gasteiger partial charge in [-0.2, -0.15) is 0 Å². The molecular formula is C18H28N4O3S. The summed E-state index contributed by atoms with van der Waals surface area (Å²) in [6, 6.07) is 1.91. The van der Waals surface area contributed by atoms with Crippen molar-refractivity contribution in [3.8, 4) is 0 Å². The molecular weight excluding hydrogens is 352 g/mol. The van der Waals surface area contributed by atoms with Gasteiger partial charge in [-0.15, -0.1) is 0 Å².